The van der Waals surface area contributed by atoms with Gasteiger partial charge in [0.1, 0.15) is 18.1 Å². The van der Waals surface area contributed by atoms with Crippen molar-refractivity contribution in [1.82, 2.24) is 10.6 Å². The van der Waals surface area contributed by atoms with Gasteiger partial charge in [-0.3, -0.25) is 0 Å². The number of amides is 2. The standard InChI is InChI=1S/C17H19BrN2O3/c1-22-16-8-3-2-5-13(16)12-20-17(21)19-9-10-23-15-7-4-6-14(18)11-15/h2-8,11H,9-10,12H2,1H3,(H2,19,20,21). The third kappa shape index (κ3) is 5.83. The molecule has 2 aromatic rings. The summed E-state index contributed by atoms with van der Waals surface area (Å²) >= 11 is 3.38. The number of hydrogen-bond donors (Lipinski definition) is 2. The minimum Gasteiger partial charge on any atom is -0.496 e. The average molecular weight is 379 g/mol. The summed E-state index contributed by atoms with van der Waals surface area (Å²) in [5.41, 5.74) is 0.926. The van der Waals surface area contributed by atoms with Gasteiger partial charge in [0.05, 0.1) is 13.7 Å². The van der Waals surface area contributed by atoms with Crippen molar-refractivity contribution in [3.05, 3.63) is 58.6 Å². The monoisotopic (exact) mass is 378 g/mol. The summed E-state index contributed by atoms with van der Waals surface area (Å²) < 4.78 is 11.7. The second kappa shape index (κ2) is 9.05. The lowest BCUT2D eigenvalue weighted by molar-refractivity contribution is 0.236. The fourth-order valence-electron chi connectivity index (χ4n) is 1.98. The van der Waals surface area contributed by atoms with Crippen LogP contribution < -0.4 is 20.1 Å². The van der Waals surface area contributed by atoms with Crippen LogP contribution in [-0.2, 0) is 6.54 Å². The van der Waals surface area contributed by atoms with E-state index in [4.69, 9.17) is 9.47 Å². The largest absolute Gasteiger partial charge is 0.496 e. The molecule has 122 valence electrons. The topological polar surface area (TPSA) is 59.6 Å². The quantitative estimate of drug-likeness (QED) is 0.726. The van der Waals surface area contributed by atoms with Gasteiger partial charge < -0.3 is 20.1 Å². The van der Waals surface area contributed by atoms with Crippen molar-refractivity contribution in [3.63, 3.8) is 0 Å². The molecule has 0 unspecified atom stereocenters. The molecule has 2 aromatic carbocycles. The number of halogens is 1. The van der Waals surface area contributed by atoms with Crippen LogP contribution >= 0.6 is 15.9 Å². The number of benzene rings is 2. The summed E-state index contributed by atoms with van der Waals surface area (Å²) in [6, 6.07) is 14.9. The number of ether oxygens (including phenoxy) is 2. The predicted molar refractivity (Wildman–Crippen MR) is 92.9 cm³/mol. The number of nitrogens with one attached hydrogen (secondary N) is 2. The summed E-state index contributed by atoms with van der Waals surface area (Å²) in [7, 11) is 1.61. The van der Waals surface area contributed by atoms with Gasteiger partial charge in [-0.1, -0.05) is 40.2 Å². The van der Waals surface area contributed by atoms with Crippen LogP contribution in [0.1, 0.15) is 5.56 Å². The van der Waals surface area contributed by atoms with E-state index in [9.17, 15) is 4.79 Å². The lowest BCUT2D eigenvalue weighted by Crippen LogP contribution is -2.37. The molecule has 0 bridgehead atoms. The zero-order chi connectivity index (χ0) is 16.5. The van der Waals surface area contributed by atoms with E-state index >= 15 is 0 Å². The van der Waals surface area contributed by atoms with Crippen molar-refractivity contribution >= 4 is 22.0 Å². The molecule has 0 heterocycles. The van der Waals surface area contributed by atoms with E-state index in [1.807, 2.05) is 48.5 Å². The molecule has 0 fully saturated rings. The molecule has 5 nitrogen and oxygen atoms in total. The zero-order valence-electron chi connectivity index (χ0n) is 12.8. The van der Waals surface area contributed by atoms with E-state index in [0.29, 0.717) is 19.7 Å². The Morgan fingerprint density at radius 3 is 2.74 bits per heavy atom. The number of para-hydroxylation sites is 1. The fraction of sp³-hybridized carbons (Fsp3) is 0.235. The van der Waals surface area contributed by atoms with Crippen molar-refractivity contribution in [2.45, 2.75) is 6.54 Å². The first-order valence-corrected chi connectivity index (χ1v) is 8.00. The van der Waals surface area contributed by atoms with E-state index in [1.54, 1.807) is 7.11 Å². The Labute approximate surface area is 144 Å². The number of urea groups is 1. The van der Waals surface area contributed by atoms with Crippen LogP contribution in [0, 0.1) is 0 Å². The highest BCUT2D eigenvalue weighted by atomic mass is 79.9. The molecular formula is C17H19BrN2O3. The van der Waals surface area contributed by atoms with E-state index in [0.717, 1.165) is 21.5 Å². The molecular weight excluding hydrogens is 360 g/mol. The normalized spacial score (nSPS) is 10.0. The van der Waals surface area contributed by atoms with Gasteiger partial charge in [0.2, 0.25) is 0 Å². The van der Waals surface area contributed by atoms with Gasteiger partial charge >= 0.3 is 6.03 Å². The highest BCUT2D eigenvalue weighted by Gasteiger charge is 2.04. The highest BCUT2D eigenvalue weighted by molar-refractivity contribution is 9.10. The number of methoxy groups -OCH3 is 1. The van der Waals surface area contributed by atoms with Crippen LogP contribution in [0.25, 0.3) is 0 Å². The summed E-state index contributed by atoms with van der Waals surface area (Å²) in [5.74, 6) is 1.52. The van der Waals surface area contributed by atoms with Crippen LogP contribution in [0.2, 0.25) is 0 Å². The minimum atomic E-state index is -0.242. The summed E-state index contributed by atoms with van der Waals surface area (Å²) in [4.78, 5) is 11.8. The summed E-state index contributed by atoms with van der Waals surface area (Å²) in [5, 5.41) is 5.54. The Morgan fingerprint density at radius 1 is 1.13 bits per heavy atom. The molecule has 0 radical (unpaired) electrons. The third-order valence-corrected chi connectivity index (χ3v) is 3.58. The molecule has 23 heavy (non-hydrogen) atoms. The van der Waals surface area contributed by atoms with Gasteiger partial charge in [0, 0.05) is 16.6 Å². The Kier molecular flexibility index (Phi) is 6.75. The maximum atomic E-state index is 11.8. The van der Waals surface area contributed by atoms with Crippen molar-refractivity contribution in [3.8, 4) is 11.5 Å². The SMILES string of the molecule is COc1ccccc1CNC(=O)NCCOc1cccc(Br)c1. The maximum Gasteiger partial charge on any atom is 0.315 e. The predicted octanol–water partition coefficient (Wildman–Crippen LogP) is 3.34. The van der Waals surface area contributed by atoms with Crippen molar-refractivity contribution in [1.29, 1.82) is 0 Å². The van der Waals surface area contributed by atoms with Crippen LogP contribution in [0.5, 0.6) is 11.5 Å². The van der Waals surface area contributed by atoms with E-state index < -0.39 is 0 Å². The molecule has 0 aliphatic heterocycles. The van der Waals surface area contributed by atoms with Gasteiger partial charge in [-0.05, 0) is 24.3 Å². The number of rotatable bonds is 7. The summed E-state index contributed by atoms with van der Waals surface area (Å²) in [6.07, 6.45) is 0. The Balaban J connectivity index is 1.67. The van der Waals surface area contributed by atoms with E-state index in [-0.39, 0.29) is 6.03 Å². The van der Waals surface area contributed by atoms with Crippen molar-refractivity contribution < 1.29 is 14.3 Å². The molecule has 0 aromatic heterocycles. The molecule has 2 rings (SSSR count). The number of carbonyl (C=O) groups is 1. The lowest BCUT2D eigenvalue weighted by atomic mass is 10.2. The maximum absolute atomic E-state index is 11.8. The van der Waals surface area contributed by atoms with Gasteiger partial charge in [-0.15, -0.1) is 0 Å². The van der Waals surface area contributed by atoms with E-state index in [2.05, 4.69) is 26.6 Å². The minimum absolute atomic E-state index is 0.242. The average Bonchev–Trinajstić information content (AvgIpc) is 2.57. The molecule has 6 heteroatoms. The first-order chi connectivity index (χ1) is 11.2. The van der Waals surface area contributed by atoms with Gasteiger partial charge in [-0.25, -0.2) is 4.79 Å². The number of hydrogen-bond acceptors (Lipinski definition) is 3. The van der Waals surface area contributed by atoms with Gasteiger partial charge in [0.15, 0.2) is 0 Å². The smallest absolute Gasteiger partial charge is 0.315 e. The molecule has 0 aliphatic rings. The Bertz CT molecular complexity index is 649. The lowest BCUT2D eigenvalue weighted by Gasteiger charge is -2.11. The molecule has 0 aliphatic carbocycles. The highest BCUT2D eigenvalue weighted by Crippen LogP contribution is 2.17. The molecule has 0 spiro atoms. The van der Waals surface area contributed by atoms with Crippen LogP contribution in [-0.4, -0.2) is 26.3 Å². The molecule has 0 saturated carbocycles. The summed E-state index contributed by atoms with van der Waals surface area (Å²) in [6.45, 7) is 1.23. The van der Waals surface area contributed by atoms with Crippen LogP contribution in [0.15, 0.2) is 53.0 Å². The van der Waals surface area contributed by atoms with Gasteiger partial charge in [-0.2, -0.15) is 0 Å². The Hall–Kier alpha value is -2.21. The zero-order valence-corrected chi connectivity index (χ0v) is 14.4. The molecule has 2 amide bonds. The number of carbonyl (C=O) groups excluding carboxylic acids is 1. The van der Waals surface area contributed by atoms with Crippen LogP contribution in [0.4, 0.5) is 4.79 Å². The van der Waals surface area contributed by atoms with Crippen molar-refractivity contribution in [2.75, 3.05) is 20.3 Å². The fourth-order valence-corrected chi connectivity index (χ4v) is 2.36. The second-order valence-corrected chi connectivity index (χ2v) is 5.64. The third-order valence-electron chi connectivity index (χ3n) is 3.08. The molecule has 2 N–H and O–H groups in total. The Morgan fingerprint density at radius 2 is 1.96 bits per heavy atom. The first-order valence-electron chi connectivity index (χ1n) is 7.21. The second-order valence-electron chi connectivity index (χ2n) is 4.73. The van der Waals surface area contributed by atoms with Gasteiger partial charge in [0.25, 0.3) is 0 Å². The van der Waals surface area contributed by atoms with Crippen LogP contribution in [0.3, 0.4) is 0 Å². The van der Waals surface area contributed by atoms with Crippen molar-refractivity contribution in [2.24, 2.45) is 0 Å². The first kappa shape index (κ1) is 17.1. The van der Waals surface area contributed by atoms with E-state index in [1.165, 1.54) is 0 Å². The molecule has 0 saturated heterocycles. The molecule has 0 atom stereocenters.